The third kappa shape index (κ3) is 3.76. The number of carbonyl (C=O) groups is 2. The summed E-state index contributed by atoms with van der Waals surface area (Å²) < 4.78 is 5.27. The van der Waals surface area contributed by atoms with Crippen LogP contribution in [-0.4, -0.2) is 24.9 Å². The van der Waals surface area contributed by atoms with Gasteiger partial charge in [-0.1, -0.05) is 6.92 Å². The molecule has 1 aromatic rings. The van der Waals surface area contributed by atoms with Crippen LogP contribution < -0.4 is 10.6 Å². The summed E-state index contributed by atoms with van der Waals surface area (Å²) in [6.45, 7) is 4.20. The third-order valence-electron chi connectivity index (χ3n) is 2.02. The molecule has 5 nitrogen and oxygen atoms in total. The van der Waals surface area contributed by atoms with Crippen molar-refractivity contribution in [3.63, 3.8) is 0 Å². The molecule has 0 spiro atoms. The first-order valence-electron chi connectivity index (χ1n) is 5.24. The number of hydrogen-bond donors (Lipinski definition) is 2. The molecule has 0 aliphatic carbocycles. The molecule has 0 aliphatic rings. The summed E-state index contributed by atoms with van der Waals surface area (Å²) in [5.41, 5.74) is 0. The summed E-state index contributed by atoms with van der Waals surface area (Å²) >= 11 is 0. The van der Waals surface area contributed by atoms with Crippen molar-refractivity contribution in [1.29, 1.82) is 0 Å². The van der Waals surface area contributed by atoms with Gasteiger partial charge in [0, 0.05) is 26.4 Å². The molecular formula is C11H16N2O3. The van der Waals surface area contributed by atoms with Crippen LogP contribution in [0.4, 0.5) is 0 Å². The molecule has 88 valence electrons. The van der Waals surface area contributed by atoms with Crippen LogP contribution in [0, 0.1) is 0 Å². The number of carbonyl (C=O) groups excluding carboxylic acids is 2. The van der Waals surface area contributed by atoms with E-state index < -0.39 is 0 Å². The highest BCUT2D eigenvalue weighted by Crippen LogP contribution is 2.07. The molecule has 0 unspecified atom stereocenters. The van der Waals surface area contributed by atoms with Crippen LogP contribution in [-0.2, 0) is 11.2 Å². The molecule has 0 atom stereocenters. The van der Waals surface area contributed by atoms with E-state index in [-0.39, 0.29) is 11.8 Å². The lowest BCUT2D eigenvalue weighted by atomic mass is 10.3. The average molecular weight is 224 g/mol. The fourth-order valence-electron chi connectivity index (χ4n) is 1.19. The summed E-state index contributed by atoms with van der Waals surface area (Å²) in [5, 5.41) is 5.23. The minimum Gasteiger partial charge on any atom is -0.456 e. The van der Waals surface area contributed by atoms with Crippen molar-refractivity contribution in [2.24, 2.45) is 0 Å². The van der Waals surface area contributed by atoms with Crippen LogP contribution in [0.3, 0.4) is 0 Å². The van der Waals surface area contributed by atoms with Crippen LogP contribution in [0.1, 0.15) is 30.2 Å². The largest absolute Gasteiger partial charge is 0.456 e. The van der Waals surface area contributed by atoms with E-state index in [1.165, 1.54) is 6.92 Å². The van der Waals surface area contributed by atoms with Gasteiger partial charge in [0.1, 0.15) is 5.76 Å². The molecule has 1 aromatic heterocycles. The van der Waals surface area contributed by atoms with Crippen LogP contribution in [0.5, 0.6) is 0 Å². The van der Waals surface area contributed by atoms with Crippen LogP contribution in [0.15, 0.2) is 16.5 Å². The van der Waals surface area contributed by atoms with Crippen molar-refractivity contribution in [1.82, 2.24) is 10.6 Å². The lowest BCUT2D eigenvalue weighted by Crippen LogP contribution is -2.33. The third-order valence-corrected chi connectivity index (χ3v) is 2.02. The molecule has 0 radical (unpaired) electrons. The maximum absolute atomic E-state index is 11.5. The molecule has 16 heavy (non-hydrogen) atoms. The number of hydrogen-bond acceptors (Lipinski definition) is 3. The second-order valence-electron chi connectivity index (χ2n) is 3.36. The number of aryl methyl sites for hydroxylation is 1. The van der Waals surface area contributed by atoms with Crippen molar-refractivity contribution in [3.05, 3.63) is 23.7 Å². The quantitative estimate of drug-likeness (QED) is 0.723. The van der Waals surface area contributed by atoms with Gasteiger partial charge in [0.05, 0.1) is 0 Å². The molecule has 0 saturated heterocycles. The standard InChI is InChI=1S/C11H16N2O3/c1-3-9-4-5-10(16-9)11(15)13-7-6-12-8(2)14/h4-5H,3,6-7H2,1-2H3,(H,12,14)(H,13,15). The molecule has 0 fully saturated rings. The smallest absolute Gasteiger partial charge is 0.287 e. The highest BCUT2D eigenvalue weighted by Gasteiger charge is 2.09. The van der Waals surface area contributed by atoms with Crippen LogP contribution in [0.25, 0.3) is 0 Å². The minimum absolute atomic E-state index is 0.111. The summed E-state index contributed by atoms with van der Waals surface area (Å²) in [7, 11) is 0. The lowest BCUT2D eigenvalue weighted by molar-refractivity contribution is -0.118. The highest BCUT2D eigenvalue weighted by molar-refractivity contribution is 5.91. The Bertz CT molecular complexity index is 371. The number of furan rings is 1. The first kappa shape index (κ1) is 12.3. The Morgan fingerprint density at radius 1 is 1.25 bits per heavy atom. The Hall–Kier alpha value is -1.78. The van der Waals surface area contributed by atoms with E-state index in [0.29, 0.717) is 18.8 Å². The maximum atomic E-state index is 11.5. The average Bonchev–Trinajstić information content (AvgIpc) is 2.72. The monoisotopic (exact) mass is 224 g/mol. The molecule has 1 rings (SSSR count). The molecule has 5 heteroatoms. The summed E-state index contributed by atoms with van der Waals surface area (Å²) in [4.78, 5) is 22.1. The van der Waals surface area contributed by atoms with Gasteiger partial charge in [-0.25, -0.2) is 0 Å². The Balaban J connectivity index is 2.32. The van der Waals surface area contributed by atoms with E-state index in [2.05, 4.69) is 10.6 Å². The molecule has 1 heterocycles. The zero-order valence-corrected chi connectivity index (χ0v) is 9.50. The van der Waals surface area contributed by atoms with E-state index in [9.17, 15) is 9.59 Å². The van der Waals surface area contributed by atoms with Gasteiger partial charge in [-0.3, -0.25) is 9.59 Å². The summed E-state index contributed by atoms with van der Waals surface area (Å²) in [6.07, 6.45) is 0.763. The topological polar surface area (TPSA) is 71.3 Å². The zero-order valence-electron chi connectivity index (χ0n) is 9.50. The van der Waals surface area contributed by atoms with Crippen LogP contribution >= 0.6 is 0 Å². The van der Waals surface area contributed by atoms with E-state index in [4.69, 9.17) is 4.42 Å². The van der Waals surface area contributed by atoms with E-state index in [0.717, 1.165) is 12.2 Å². The molecular weight excluding hydrogens is 208 g/mol. The summed E-state index contributed by atoms with van der Waals surface area (Å²) in [6, 6.07) is 3.43. The van der Waals surface area contributed by atoms with Crippen molar-refractivity contribution >= 4 is 11.8 Å². The van der Waals surface area contributed by atoms with Crippen molar-refractivity contribution in [3.8, 4) is 0 Å². The van der Waals surface area contributed by atoms with Gasteiger partial charge in [-0.15, -0.1) is 0 Å². The normalized spacial score (nSPS) is 9.88. The number of amides is 2. The van der Waals surface area contributed by atoms with E-state index in [1.807, 2.05) is 6.92 Å². The summed E-state index contributed by atoms with van der Waals surface area (Å²) in [5.74, 6) is 0.720. The van der Waals surface area contributed by atoms with E-state index in [1.54, 1.807) is 12.1 Å². The van der Waals surface area contributed by atoms with Gasteiger partial charge in [-0.2, -0.15) is 0 Å². The molecule has 0 saturated carbocycles. The van der Waals surface area contributed by atoms with Crippen LogP contribution in [0.2, 0.25) is 0 Å². The van der Waals surface area contributed by atoms with Gasteiger partial charge < -0.3 is 15.1 Å². The van der Waals surface area contributed by atoms with Crippen molar-refractivity contribution in [2.75, 3.05) is 13.1 Å². The number of rotatable bonds is 5. The van der Waals surface area contributed by atoms with Gasteiger partial charge >= 0.3 is 0 Å². The Morgan fingerprint density at radius 3 is 2.50 bits per heavy atom. The second-order valence-corrected chi connectivity index (χ2v) is 3.36. The van der Waals surface area contributed by atoms with Crippen molar-refractivity contribution < 1.29 is 14.0 Å². The Kier molecular flexibility index (Phi) is 4.57. The van der Waals surface area contributed by atoms with Gasteiger partial charge in [0.25, 0.3) is 5.91 Å². The predicted octanol–water partition coefficient (Wildman–Crippen LogP) is 0.708. The van der Waals surface area contributed by atoms with Gasteiger partial charge in [-0.05, 0) is 12.1 Å². The predicted molar refractivity (Wildman–Crippen MR) is 59.1 cm³/mol. The maximum Gasteiger partial charge on any atom is 0.287 e. The first-order valence-corrected chi connectivity index (χ1v) is 5.24. The molecule has 0 aromatic carbocycles. The lowest BCUT2D eigenvalue weighted by Gasteiger charge is -2.03. The van der Waals surface area contributed by atoms with Crippen molar-refractivity contribution in [2.45, 2.75) is 20.3 Å². The SMILES string of the molecule is CCc1ccc(C(=O)NCCNC(C)=O)o1. The zero-order chi connectivity index (χ0) is 12.0. The first-order chi connectivity index (χ1) is 7.63. The highest BCUT2D eigenvalue weighted by atomic mass is 16.3. The van der Waals surface area contributed by atoms with E-state index >= 15 is 0 Å². The Morgan fingerprint density at radius 2 is 1.94 bits per heavy atom. The fraction of sp³-hybridized carbons (Fsp3) is 0.455. The van der Waals surface area contributed by atoms with Gasteiger partial charge in [0.2, 0.25) is 5.91 Å². The minimum atomic E-state index is -0.259. The second kappa shape index (κ2) is 5.95. The molecule has 2 N–H and O–H groups in total. The van der Waals surface area contributed by atoms with Gasteiger partial charge in [0.15, 0.2) is 5.76 Å². The fourth-order valence-corrected chi connectivity index (χ4v) is 1.19. The number of nitrogens with one attached hydrogen (secondary N) is 2. The molecule has 0 bridgehead atoms. The molecule has 0 aliphatic heterocycles. The molecule has 2 amide bonds. The Labute approximate surface area is 94.2 Å².